The molecule has 0 radical (unpaired) electrons. The van der Waals surface area contributed by atoms with Crippen molar-refractivity contribution in [3.05, 3.63) is 22.2 Å². The van der Waals surface area contributed by atoms with Crippen molar-refractivity contribution >= 4 is 11.8 Å². The lowest BCUT2D eigenvalue weighted by Gasteiger charge is -2.28. The van der Waals surface area contributed by atoms with Gasteiger partial charge in [0.05, 0.1) is 19.8 Å². The molecule has 0 atom stereocenters. The number of carbonyl (C=O) groups is 1. The van der Waals surface area contributed by atoms with E-state index in [0.29, 0.717) is 31.3 Å². The van der Waals surface area contributed by atoms with Crippen LogP contribution in [-0.4, -0.2) is 48.4 Å². The van der Waals surface area contributed by atoms with Crippen LogP contribution in [0, 0.1) is 0 Å². The number of carbonyl (C=O) groups excluding carboxylic acids is 1. The largest absolute Gasteiger partial charge is 0.465 e. The molecule has 7 nitrogen and oxygen atoms in total. The van der Waals surface area contributed by atoms with Gasteiger partial charge in [-0.05, 0) is 12.8 Å². The molecular formula is C15H21N3O4. The smallest absolute Gasteiger partial charge is 0.302 e. The van der Waals surface area contributed by atoms with Crippen LogP contribution in [0.25, 0.3) is 0 Å². The molecule has 1 aromatic rings. The highest BCUT2D eigenvalue weighted by Gasteiger charge is 2.28. The average Bonchev–Trinajstić information content (AvgIpc) is 3.32. The number of esters is 1. The summed E-state index contributed by atoms with van der Waals surface area (Å²) in [4.78, 5) is 30.1. The minimum absolute atomic E-state index is 0.0168. The summed E-state index contributed by atoms with van der Waals surface area (Å²) in [5.41, 5.74) is -0.0168. The molecule has 2 heterocycles. The molecule has 1 aromatic heterocycles. The average molecular weight is 307 g/mol. The predicted molar refractivity (Wildman–Crippen MR) is 80.1 cm³/mol. The lowest BCUT2D eigenvalue weighted by atomic mass is 10.3. The van der Waals surface area contributed by atoms with E-state index in [-0.39, 0.29) is 24.2 Å². The Balaban J connectivity index is 1.84. The first-order valence-electron chi connectivity index (χ1n) is 7.73. The molecule has 0 amide bonds. The fourth-order valence-electron chi connectivity index (χ4n) is 2.67. The van der Waals surface area contributed by atoms with E-state index < -0.39 is 0 Å². The van der Waals surface area contributed by atoms with Crippen LogP contribution in [0.15, 0.2) is 10.9 Å². The van der Waals surface area contributed by atoms with Gasteiger partial charge in [-0.2, -0.15) is 0 Å². The van der Waals surface area contributed by atoms with Crippen molar-refractivity contribution in [2.24, 2.45) is 0 Å². The summed E-state index contributed by atoms with van der Waals surface area (Å²) in [6.45, 7) is 4.41. The Bertz CT molecular complexity index is 603. The van der Waals surface area contributed by atoms with Gasteiger partial charge < -0.3 is 14.4 Å². The molecule has 0 spiro atoms. The van der Waals surface area contributed by atoms with Gasteiger partial charge in [0.25, 0.3) is 5.56 Å². The van der Waals surface area contributed by atoms with E-state index in [1.165, 1.54) is 6.92 Å². The molecule has 0 N–H and O–H groups in total. The summed E-state index contributed by atoms with van der Waals surface area (Å²) in [7, 11) is 0. The quantitative estimate of drug-likeness (QED) is 0.738. The second kappa shape index (κ2) is 6.48. The number of ether oxygens (including phenoxy) is 2. The monoisotopic (exact) mass is 307 g/mol. The summed E-state index contributed by atoms with van der Waals surface area (Å²) in [5, 5.41) is 0. The molecule has 1 saturated heterocycles. The van der Waals surface area contributed by atoms with Gasteiger partial charge in [0.1, 0.15) is 11.6 Å². The molecule has 0 bridgehead atoms. The van der Waals surface area contributed by atoms with Crippen molar-refractivity contribution in [3.8, 4) is 0 Å². The van der Waals surface area contributed by atoms with Gasteiger partial charge in [-0.25, -0.2) is 4.98 Å². The van der Waals surface area contributed by atoms with Crippen LogP contribution in [0.4, 0.5) is 5.82 Å². The molecule has 2 aliphatic rings. The van der Waals surface area contributed by atoms with E-state index >= 15 is 0 Å². The van der Waals surface area contributed by atoms with Crippen molar-refractivity contribution in [2.75, 3.05) is 37.8 Å². The molecule has 1 saturated carbocycles. The van der Waals surface area contributed by atoms with Crippen molar-refractivity contribution in [2.45, 2.75) is 32.2 Å². The first-order chi connectivity index (χ1) is 10.6. The van der Waals surface area contributed by atoms with Gasteiger partial charge in [0.15, 0.2) is 0 Å². The number of hydrogen-bond acceptors (Lipinski definition) is 6. The van der Waals surface area contributed by atoms with Crippen LogP contribution < -0.4 is 10.5 Å². The molecule has 3 rings (SSSR count). The second-order valence-corrected chi connectivity index (χ2v) is 5.66. The molecule has 0 unspecified atom stereocenters. The van der Waals surface area contributed by atoms with E-state index in [9.17, 15) is 9.59 Å². The van der Waals surface area contributed by atoms with Crippen molar-refractivity contribution < 1.29 is 14.3 Å². The normalized spacial score (nSPS) is 18.3. The topological polar surface area (TPSA) is 73.7 Å². The van der Waals surface area contributed by atoms with Crippen LogP contribution in [0.5, 0.6) is 0 Å². The maximum Gasteiger partial charge on any atom is 0.302 e. The van der Waals surface area contributed by atoms with Gasteiger partial charge >= 0.3 is 5.97 Å². The van der Waals surface area contributed by atoms with Gasteiger partial charge in [-0.3, -0.25) is 14.2 Å². The maximum absolute atomic E-state index is 12.4. The number of morpholine rings is 1. The highest BCUT2D eigenvalue weighted by atomic mass is 16.5. The number of aromatic nitrogens is 2. The Labute approximate surface area is 128 Å². The third-order valence-corrected chi connectivity index (χ3v) is 3.89. The zero-order chi connectivity index (χ0) is 15.5. The summed E-state index contributed by atoms with van der Waals surface area (Å²) < 4.78 is 12.1. The lowest BCUT2D eigenvalue weighted by Crippen LogP contribution is -2.38. The second-order valence-electron chi connectivity index (χ2n) is 5.66. The maximum atomic E-state index is 12.4. The third kappa shape index (κ3) is 3.47. The van der Waals surface area contributed by atoms with Crippen molar-refractivity contribution in [3.63, 3.8) is 0 Å². The van der Waals surface area contributed by atoms with E-state index in [1.54, 1.807) is 10.6 Å². The van der Waals surface area contributed by atoms with E-state index in [4.69, 9.17) is 9.47 Å². The summed E-state index contributed by atoms with van der Waals surface area (Å²) in [5.74, 6) is 1.09. The minimum atomic E-state index is -0.315. The molecule has 120 valence electrons. The van der Waals surface area contributed by atoms with Gasteiger partial charge in [-0.1, -0.05) is 0 Å². The Morgan fingerprint density at radius 2 is 2.14 bits per heavy atom. The molecule has 7 heteroatoms. The van der Waals surface area contributed by atoms with Crippen LogP contribution in [0.2, 0.25) is 0 Å². The highest BCUT2D eigenvalue weighted by molar-refractivity contribution is 5.65. The third-order valence-electron chi connectivity index (χ3n) is 3.89. The number of rotatable bonds is 5. The Kier molecular flexibility index (Phi) is 4.42. The fourth-order valence-corrected chi connectivity index (χ4v) is 2.67. The number of anilines is 1. The molecule has 22 heavy (non-hydrogen) atoms. The Morgan fingerprint density at radius 3 is 2.77 bits per heavy atom. The minimum Gasteiger partial charge on any atom is -0.465 e. The summed E-state index contributed by atoms with van der Waals surface area (Å²) >= 11 is 0. The molecule has 1 aliphatic carbocycles. The zero-order valence-corrected chi connectivity index (χ0v) is 12.8. The Morgan fingerprint density at radius 1 is 1.41 bits per heavy atom. The van der Waals surface area contributed by atoms with Crippen LogP contribution in [0.3, 0.4) is 0 Å². The lowest BCUT2D eigenvalue weighted by molar-refractivity contribution is -0.140. The summed E-state index contributed by atoms with van der Waals surface area (Å²) in [6.07, 6.45) is 2.49. The molecule has 2 fully saturated rings. The predicted octanol–water partition coefficient (Wildman–Crippen LogP) is 0.520. The van der Waals surface area contributed by atoms with Gasteiger partial charge in [0.2, 0.25) is 0 Å². The molecular weight excluding hydrogens is 286 g/mol. The van der Waals surface area contributed by atoms with E-state index in [1.807, 2.05) is 0 Å². The van der Waals surface area contributed by atoms with Crippen LogP contribution in [0.1, 0.15) is 31.6 Å². The van der Waals surface area contributed by atoms with Crippen molar-refractivity contribution in [1.29, 1.82) is 0 Å². The molecule has 0 aromatic carbocycles. The van der Waals surface area contributed by atoms with Crippen LogP contribution >= 0.6 is 0 Å². The zero-order valence-electron chi connectivity index (χ0n) is 12.8. The fraction of sp³-hybridized carbons (Fsp3) is 0.667. The van der Waals surface area contributed by atoms with E-state index in [0.717, 1.165) is 25.9 Å². The van der Waals surface area contributed by atoms with Crippen molar-refractivity contribution in [1.82, 2.24) is 9.55 Å². The highest BCUT2D eigenvalue weighted by Crippen LogP contribution is 2.34. The Hall–Kier alpha value is -1.89. The number of nitrogens with zero attached hydrogens (tertiary/aromatic N) is 3. The molecule has 1 aliphatic heterocycles. The van der Waals surface area contributed by atoms with Gasteiger partial charge in [-0.15, -0.1) is 0 Å². The first-order valence-corrected chi connectivity index (χ1v) is 7.73. The summed E-state index contributed by atoms with van der Waals surface area (Å²) in [6, 6.07) is 1.87. The standard InChI is InChI=1S/C15H21N3O4/c1-11(19)22-7-4-13-16-14(17-5-8-21-9-6-17)10-15(20)18(13)12-2-3-12/h10,12H,2-9H2,1H3. The SMILES string of the molecule is CC(=O)OCCc1nc(N2CCOCC2)cc(=O)n1C1CC1. The van der Waals surface area contributed by atoms with E-state index in [2.05, 4.69) is 9.88 Å². The number of hydrogen-bond donors (Lipinski definition) is 0. The first kappa shape index (κ1) is 15.0. The van der Waals surface area contributed by atoms with Crippen LogP contribution in [-0.2, 0) is 20.7 Å². The van der Waals surface area contributed by atoms with Gasteiger partial charge in [0, 0.05) is 38.5 Å².